The molecule has 3 nitrogen and oxygen atoms in total. The summed E-state index contributed by atoms with van der Waals surface area (Å²) in [7, 11) is 1.60. The van der Waals surface area contributed by atoms with Crippen LogP contribution in [-0.2, 0) is 6.54 Å². The first kappa shape index (κ1) is 10.6. The summed E-state index contributed by atoms with van der Waals surface area (Å²) in [6.45, 7) is 2.59. The van der Waals surface area contributed by atoms with Crippen molar-refractivity contribution in [3.8, 4) is 18.2 Å². The molecule has 1 unspecified atom stereocenters. The van der Waals surface area contributed by atoms with Gasteiger partial charge in [-0.3, -0.25) is 5.32 Å². The molecule has 1 N–H and O–H groups in total. The number of hydrogen-bond acceptors (Lipinski definition) is 3. The summed E-state index contributed by atoms with van der Waals surface area (Å²) in [5, 5.41) is 3.15. The highest BCUT2D eigenvalue weighted by Crippen LogP contribution is 2.06. The zero-order valence-corrected chi connectivity index (χ0v) is 8.45. The van der Waals surface area contributed by atoms with Gasteiger partial charge in [-0.15, -0.1) is 6.42 Å². The molecule has 0 aliphatic rings. The maximum atomic E-state index is 5.23. The lowest BCUT2D eigenvalue weighted by atomic mass is 10.3. The number of methoxy groups -OCH3 is 1. The third-order valence-electron chi connectivity index (χ3n) is 1.83. The van der Waals surface area contributed by atoms with Crippen molar-refractivity contribution in [2.75, 3.05) is 7.11 Å². The van der Waals surface area contributed by atoms with Crippen molar-refractivity contribution in [2.45, 2.75) is 19.5 Å². The summed E-state index contributed by atoms with van der Waals surface area (Å²) in [6.07, 6.45) is 5.23. The van der Waals surface area contributed by atoms with Gasteiger partial charge in [-0.05, 0) is 13.0 Å². The van der Waals surface area contributed by atoms with Crippen LogP contribution in [0.4, 0.5) is 0 Å². The lowest BCUT2D eigenvalue weighted by molar-refractivity contribution is 0.395. The molecule has 3 heteroatoms. The smallest absolute Gasteiger partial charge is 0.213 e. The molecule has 1 aromatic heterocycles. The second-order valence-corrected chi connectivity index (χ2v) is 2.94. The number of ether oxygens (including phenoxy) is 1. The first-order chi connectivity index (χ1) is 6.76. The van der Waals surface area contributed by atoms with Gasteiger partial charge in [0.2, 0.25) is 5.88 Å². The average molecular weight is 190 g/mol. The molecule has 1 heterocycles. The van der Waals surface area contributed by atoms with Gasteiger partial charge in [0.15, 0.2) is 0 Å². The van der Waals surface area contributed by atoms with E-state index in [1.807, 2.05) is 25.1 Å². The molecule has 0 aliphatic carbocycles. The summed E-state index contributed by atoms with van der Waals surface area (Å²) in [5.74, 6) is 3.22. The van der Waals surface area contributed by atoms with Crippen LogP contribution in [0.25, 0.3) is 0 Å². The van der Waals surface area contributed by atoms with Crippen LogP contribution in [0.1, 0.15) is 12.6 Å². The predicted molar refractivity (Wildman–Crippen MR) is 55.9 cm³/mol. The SMILES string of the molecule is C#CC(C)NCc1cccc(OC)n1. The maximum Gasteiger partial charge on any atom is 0.213 e. The Kier molecular flexibility index (Phi) is 3.96. The zero-order valence-electron chi connectivity index (χ0n) is 8.45. The summed E-state index contributed by atoms with van der Waals surface area (Å²) < 4.78 is 5.01. The van der Waals surface area contributed by atoms with Crippen LogP contribution >= 0.6 is 0 Å². The second-order valence-electron chi connectivity index (χ2n) is 2.94. The molecule has 0 aromatic carbocycles. The fourth-order valence-electron chi connectivity index (χ4n) is 0.986. The Balaban J connectivity index is 2.55. The minimum atomic E-state index is 0.0583. The van der Waals surface area contributed by atoms with Crippen molar-refractivity contribution in [3.05, 3.63) is 23.9 Å². The zero-order chi connectivity index (χ0) is 10.4. The molecule has 0 saturated carbocycles. The third kappa shape index (κ3) is 3.08. The first-order valence-corrected chi connectivity index (χ1v) is 4.45. The van der Waals surface area contributed by atoms with E-state index in [1.54, 1.807) is 7.11 Å². The average Bonchev–Trinajstić information content (AvgIpc) is 2.26. The van der Waals surface area contributed by atoms with Crippen molar-refractivity contribution < 1.29 is 4.74 Å². The fraction of sp³-hybridized carbons (Fsp3) is 0.364. The maximum absolute atomic E-state index is 5.23. The molecule has 74 valence electrons. The highest BCUT2D eigenvalue weighted by Gasteiger charge is 1.99. The van der Waals surface area contributed by atoms with Crippen molar-refractivity contribution >= 4 is 0 Å². The number of hydrogen-bond donors (Lipinski definition) is 1. The number of rotatable bonds is 4. The Bertz CT molecular complexity index is 330. The fourth-order valence-corrected chi connectivity index (χ4v) is 0.986. The van der Waals surface area contributed by atoms with Gasteiger partial charge < -0.3 is 4.74 Å². The monoisotopic (exact) mass is 190 g/mol. The summed E-state index contributed by atoms with van der Waals surface area (Å²) in [6, 6.07) is 5.71. The Morgan fingerprint density at radius 1 is 1.64 bits per heavy atom. The quantitative estimate of drug-likeness (QED) is 0.724. The van der Waals surface area contributed by atoms with Crippen LogP contribution in [0, 0.1) is 12.3 Å². The molecular weight excluding hydrogens is 176 g/mol. The summed E-state index contributed by atoms with van der Waals surface area (Å²) in [5.41, 5.74) is 0.923. The lowest BCUT2D eigenvalue weighted by Gasteiger charge is -2.07. The number of terminal acetylenes is 1. The van der Waals surface area contributed by atoms with Crippen LogP contribution in [0.2, 0.25) is 0 Å². The Morgan fingerprint density at radius 3 is 3.07 bits per heavy atom. The third-order valence-corrected chi connectivity index (χ3v) is 1.83. The van der Waals surface area contributed by atoms with Crippen molar-refractivity contribution in [1.29, 1.82) is 0 Å². The van der Waals surface area contributed by atoms with Gasteiger partial charge in [0.05, 0.1) is 18.8 Å². The van der Waals surface area contributed by atoms with Gasteiger partial charge in [0, 0.05) is 12.6 Å². The van der Waals surface area contributed by atoms with Crippen molar-refractivity contribution in [1.82, 2.24) is 10.3 Å². The number of nitrogens with zero attached hydrogens (tertiary/aromatic N) is 1. The highest BCUT2D eigenvalue weighted by atomic mass is 16.5. The highest BCUT2D eigenvalue weighted by molar-refractivity contribution is 5.15. The molecule has 0 fully saturated rings. The molecule has 0 aliphatic heterocycles. The number of nitrogens with one attached hydrogen (secondary N) is 1. The van der Waals surface area contributed by atoms with E-state index >= 15 is 0 Å². The summed E-state index contributed by atoms with van der Waals surface area (Å²) >= 11 is 0. The van der Waals surface area contributed by atoms with Gasteiger partial charge in [-0.2, -0.15) is 0 Å². The number of aromatic nitrogens is 1. The van der Waals surface area contributed by atoms with Crippen molar-refractivity contribution in [2.24, 2.45) is 0 Å². The molecule has 14 heavy (non-hydrogen) atoms. The molecule has 1 aromatic rings. The van der Waals surface area contributed by atoms with Gasteiger partial charge in [0.1, 0.15) is 0 Å². The van der Waals surface area contributed by atoms with Gasteiger partial charge in [0.25, 0.3) is 0 Å². The topological polar surface area (TPSA) is 34.1 Å². The van der Waals surface area contributed by atoms with Gasteiger partial charge >= 0.3 is 0 Å². The van der Waals surface area contributed by atoms with Crippen LogP contribution in [0.15, 0.2) is 18.2 Å². The van der Waals surface area contributed by atoms with E-state index in [4.69, 9.17) is 11.2 Å². The van der Waals surface area contributed by atoms with Crippen LogP contribution in [0.3, 0.4) is 0 Å². The van der Waals surface area contributed by atoms with Crippen molar-refractivity contribution in [3.63, 3.8) is 0 Å². The molecular formula is C11H14N2O. The normalized spacial score (nSPS) is 11.8. The Labute approximate surface area is 84.5 Å². The predicted octanol–water partition coefficient (Wildman–Crippen LogP) is 1.20. The molecule has 0 bridgehead atoms. The molecule has 0 saturated heterocycles. The van der Waals surface area contributed by atoms with E-state index in [1.165, 1.54) is 0 Å². The minimum absolute atomic E-state index is 0.0583. The lowest BCUT2D eigenvalue weighted by Crippen LogP contribution is -2.23. The van der Waals surface area contributed by atoms with Gasteiger partial charge in [-0.25, -0.2) is 4.98 Å². The van der Waals surface area contributed by atoms with E-state index in [0.29, 0.717) is 12.4 Å². The summed E-state index contributed by atoms with van der Waals surface area (Å²) in [4.78, 5) is 4.24. The van der Waals surface area contributed by atoms with Crippen LogP contribution < -0.4 is 10.1 Å². The standard InChI is InChI=1S/C11H14N2O/c1-4-9(2)12-8-10-6-5-7-11(13-10)14-3/h1,5-7,9,12H,8H2,2-3H3. The molecule has 0 spiro atoms. The molecule has 0 amide bonds. The van der Waals surface area contributed by atoms with Gasteiger partial charge in [-0.1, -0.05) is 12.0 Å². The van der Waals surface area contributed by atoms with E-state index in [0.717, 1.165) is 5.69 Å². The number of pyridine rings is 1. The Morgan fingerprint density at radius 2 is 2.43 bits per heavy atom. The van der Waals surface area contributed by atoms with E-state index in [2.05, 4.69) is 16.2 Å². The molecule has 1 rings (SSSR count). The van der Waals surface area contributed by atoms with Crippen LogP contribution in [-0.4, -0.2) is 18.1 Å². The first-order valence-electron chi connectivity index (χ1n) is 4.45. The largest absolute Gasteiger partial charge is 0.481 e. The van der Waals surface area contributed by atoms with E-state index < -0.39 is 0 Å². The Hall–Kier alpha value is -1.53. The van der Waals surface area contributed by atoms with E-state index in [9.17, 15) is 0 Å². The molecule has 1 atom stereocenters. The minimum Gasteiger partial charge on any atom is -0.481 e. The molecule has 0 radical (unpaired) electrons. The van der Waals surface area contributed by atoms with Crippen LogP contribution in [0.5, 0.6) is 5.88 Å². The second kappa shape index (κ2) is 5.25. The van der Waals surface area contributed by atoms with E-state index in [-0.39, 0.29) is 6.04 Å².